The van der Waals surface area contributed by atoms with Gasteiger partial charge in [-0.15, -0.1) is 0 Å². The van der Waals surface area contributed by atoms with Crippen molar-refractivity contribution in [3.8, 4) is 6.07 Å². The van der Waals surface area contributed by atoms with Gasteiger partial charge in [0.25, 0.3) is 0 Å². The van der Waals surface area contributed by atoms with E-state index in [0.717, 1.165) is 5.76 Å². The van der Waals surface area contributed by atoms with E-state index in [4.69, 9.17) is 26.0 Å². The molecule has 2 aromatic rings. The maximum absolute atomic E-state index is 12.4. The SMILES string of the molecule is COC1=CCC(C)(c2cc(=O)c3cc(C#N)cc(Cl)c3o2)C=C1. The topological polar surface area (TPSA) is 63.2 Å². The summed E-state index contributed by atoms with van der Waals surface area (Å²) in [6.45, 7) is 1.98. The minimum absolute atomic E-state index is 0.212. The molecule has 0 N–H and O–H groups in total. The number of fused-ring (bicyclic) bond motifs is 1. The molecule has 0 saturated heterocycles. The first-order valence-electron chi connectivity index (χ1n) is 7.08. The fraction of sp³-hybridized carbons (Fsp3) is 0.222. The molecular weight excluding hydrogens is 314 g/mol. The normalized spacial score (nSPS) is 20.2. The van der Waals surface area contributed by atoms with E-state index >= 15 is 0 Å². The summed E-state index contributed by atoms with van der Waals surface area (Å²) in [7, 11) is 1.61. The molecule has 1 aromatic heterocycles. The average Bonchev–Trinajstić information content (AvgIpc) is 2.56. The van der Waals surface area contributed by atoms with Gasteiger partial charge in [-0.1, -0.05) is 17.7 Å². The number of rotatable bonds is 2. The van der Waals surface area contributed by atoms with Gasteiger partial charge in [-0.05, 0) is 37.6 Å². The van der Waals surface area contributed by atoms with Crippen LogP contribution in [0.5, 0.6) is 0 Å². The number of hydrogen-bond acceptors (Lipinski definition) is 4. The summed E-state index contributed by atoms with van der Waals surface area (Å²) >= 11 is 6.18. The molecule has 1 aliphatic carbocycles. The van der Waals surface area contributed by atoms with Gasteiger partial charge in [0.1, 0.15) is 11.5 Å². The highest BCUT2D eigenvalue weighted by atomic mass is 35.5. The Labute approximate surface area is 138 Å². The monoisotopic (exact) mass is 327 g/mol. The van der Waals surface area contributed by atoms with E-state index in [1.165, 1.54) is 18.2 Å². The Hall–Kier alpha value is -2.51. The summed E-state index contributed by atoms with van der Waals surface area (Å²) in [5, 5.41) is 9.56. The van der Waals surface area contributed by atoms with E-state index in [9.17, 15) is 4.79 Å². The molecule has 0 bridgehead atoms. The Balaban J connectivity index is 2.17. The van der Waals surface area contributed by atoms with Gasteiger partial charge in [0.15, 0.2) is 11.0 Å². The van der Waals surface area contributed by atoms with Crippen LogP contribution in [0, 0.1) is 11.3 Å². The molecule has 0 radical (unpaired) electrons. The Morgan fingerprint density at radius 3 is 2.78 bits per heavy atom. The molecule has 0 saturated carbocycles. The first kappa shape index (κ1) is 15.4. The van der Waals surface area contributed by atoms with Gasteiger partial charge in [-0.25, -0.2) is 0 Å². The van der Waals surface area contributed by atoms with Crippen LogP contribution >= 0.6 is 11.6 Å². The summed E-state index contributed by atoms with van der Waals surface area (Å²) in [6, 6.07) is 6.45. The van der Waals surface area contributed by atoms with Crippen molar-refractivity contribution >= 4 is 22.6 Å². The minimum atomic E-state index is -0.452. The zero-order valence-electron chi connectivity index (χ0n) is 12.7. The van der Waals surface area contributed by atoms with Crippen molar-refractivity contribution in [3.63, 3.8) is 0 Å². The first-order valence-corrected chi connectivity index (χ1v) is 7.46. The van der Waals surface area contributed by atoms with Crippen LogP contribution in [0.15, 0.2) is 51.4 Å². The van der Waals surface area contributed by atoms with Crippen molar-refractivity contribution in [1.29, 1.82) is 5.26 Å². The Morgan fingerprint density at radius 2 is 2.17 bits per heavy atom. The molecule has 0 fully saturated rings. The van der Waals surface area contributed by atoms with E-state index in [2.05, 4.69) is 0 Å². The number of nitriles is 1. The van der Waals surface area contributed by atoms with Crippen LogP contribution in [0.2, 0.25) is 5.02 Å². The van der Waals surface area contributed by atoms with Gasteiger partial charge in [0.05, 0.1) is 29.2 Å². The lowest BCUT2D eigenvalue weighted by atomic mass is 9.80. The zero-order valence-corrected chi connectivity index (χ0v) is 13.5. The molecule has 116 valence electrons. The molecule has 3 rings (SSSR count). The van der Waals surface area contributed by atoms with E-state index in [1.807, 2.05) is 31.2 Å². The van der Waals surface area contributed by atoms with Gasteiger partial charge in [0, 0.05) is 11.5 Å². The Kier molecular flexibility index (Phi) is 3.75. The minimum Gasteiger partial charge on any atom is -0.497 e. The predicted molar refractivity (Wildman–Crippen MR) is 88.4 cm³/mol. The molecule has 1 aromatic carbocycles. The fourth-order valence-corrected chi connectivity index (χ4v) is 2.87. The van der Waals surface area contributed by atoms with Crippen LogP contribution in [0.4, 0.5) is 0 Å². The quantitative estimate of drug-likeness (QED) is 0.834. The number of hydrogen-bond donors (Lipinski definition) is 0. The molecule has 0 amide bonds. The van der Waals surface area contributed by atoms with Crippen molar-refractivity contribution < 1.29 is 9.15 Å². The summed E-state index contributed by atoms with van der Waals surface area (Å²) in [5.41, 5.74) is -0.0215. The molecule has 4 nitrogen and oxygen atoms in total. The predicted octanol–water partition coefficient (Wildman–Crippen LogP) is 4.07. The molecule has 1 heterocycles. The molecule has 5 heteroatoms. The maximum Gasteiger partial charge on any atom is 0.193 e. The Bertz CT molecular complexity index is 949. The van der Waals surface area contributed by atoms with Crippen LogP contribution in [0.1, 0.15) is 24.7 Å². The summed E-state index contributed by atoms with van der Waals surface area (Å²) in [4.78, 5) is 12.4. The van der Waals surface area contributed by atoms with Gasteiger partial charge in [-0.3, -0.25) is 4.79 Å². The first-order chi connectivity index (χ1) is 11.0. The van der Waals surface area contributed by atoms with Gasteiger partial charge in [-0.2, -0.15) is 5.26 Å². The van der Waals surface area contributed by atoms with Crippen molar-refractivity contribution in [2.24, 2.45) is 0 Å². The zero-order chi connectivity index (χ0) is 16.6. The summed E-state index contributed by atoms with van der Waals surface area (Å²) in [5.74, 6) is 1.31. The van der Waals surface area contributed by atoms with E-state index in [1.54, 1.807) is 7.11 Å². The molecule has 1 unspecified atom stereocenters. The van der Waals surface area contributed by atoms with Crippen LogP contribution in [-0.4, -0.2) is 7.11 Å². The highest BCUT2D eigenvalue weighted by Crippen LogP contribution is 2.35. The second-order valence-corrected chi connectivity index (χ2v) is 6.09. The highest BCUT2D eigenvalue weighted by molar-refractivity contribution is 6.34. The average molecular weight is 328 g/mol. The van der Waals surface area contributed by atoms with Crippen LogP contribution in [-0.2, 0) is 10.2 Å². The standard InChI is InChI=1S/C18H14ClNO3/c1-18(5-3-12(22-2)4-6-18)16-9-15(21)13-7-11(10-20)8-14(19)17(13)23-16/h3-5,7-9H,6H2,1-2H3. The summed E-state index contributed by atoms with van der Waals surface area (Å²) < 4.78 is 11.1. The fourth-order valence-electron chi connectivity index (χ4n) is 2.61. The second-order valence-electron chi connectivity index (χ2n) is 5.69. The molecule has 23 heavy (non-hydrogen) atoms. The molecule has 0 spiro atoms. The van der Waals surface area contributed by atoms with Crippen LogP contribution < -0.4 is 5.43 Å². The van der Waals surface area contributed by atoms with Crippen molar-refractivity contribution in [2.75, 3.05) is 7.11 Å². The number of nitrogens with zero attached hydrogens (tertiary/aromatic N) is 1. The van der Waals surface area contributed by atoms with E-state index in [-0.39, 0.29) is 10.5 Å². The third kappa shape index (κ3) is 2.64. The number of halogens is 1. The van der Waals surface area contributed by atoms with E-state index in [0.29, 0.717) is 28.7 Å². The smallest absolute Gasteiger partial charge is 0.193 e. The number of methoxy groups -OCH3 is 1. The molecule has 1 aliphatic rings. The lowest BCUT2D eigenvalue weighted by Gasteiger charge is -2.26. The molecular formula is C18H14ClNO3. The maximum atomic E-state index is 12.4. The molecule has 1 atom stereocenters. The highest BCUT2D eigenvalue weighted by Gasteiger charge is 2.29. The third-order valence-corrected chi connectivity index (χ3v) is 4.33. The third-order valence-electron chi connectivity index (χ3n) is 4.05. The van der Waals surface area contributed by atoms with Gasteiger partial charge < -0.3 is 9.15 Å². The largest absolute Gasteiger partial charge is 0.497 e. The lowest BCUT2D eigenvalue weighted by molar-refractivity contribution is 0.298. The van der Waals surface area contributed by atoms with E-state index < -0.39 is 5.41 Å². The van der Waals surface area contributed by atoms with Crippen LogP contribution in [0.3, 0.4) is 0 Å². The lowest BCUT2D eigenvalue weighted by Crippen LogP contribution is -2.22. The van der Waals surface area contributed by atoms with Crippen molar-refractivity contribution in [2.45, 2.75) is 18.8 Å². The molecule has 0 aliphatic heterocycles. The number of benzene rings is 1. The number of ether oxygens (including phenoxy) is 1. The van der Waals surface area contributed by atoms with Crippen molar-refractivity contribution in [1.82, 2.24) is 0 Å². The summed E-state index contributed by atoms with van der Waals surface area (Å²) in [6.07, 6.45) is 6.40. The number of allylic oxidation sites excluding steroid dienone is 3. The van der Waals surface area contributed by atoms with Crippen molar-refractivity contribution in [3.05, 3.63) is 68.8 Å². The van der Waals surface area contributed by atoms with Crippen LogP contribution in [0.25, 0.3) is 11.0 Å². The Morgan fingerprint density at radius 1 is 1.39 bits per heavy atom. The second kappa shape index (κ2) is 5.60. The van der Waals surface area contributed by atoms with Gasteiger partial charge >= 0.3 is 0 Å². The van der Waals surface area contributed by atoms with Gasteiger partial charge in [0.2, 0.25) is 0 Å².